The minimum Gasteiger partial charge on any atom is -0.467 e. The van der Waals surface area contributed by atoms with Crippen molar-refractivity contribution in [2.75, 3.05) is 19.5 Å². The lowest BCUT2D eigenvalue weighted by atomic mass is 9.75. The summed E-state index contributed by atoms with van der Waals surface area (Å²) in [5.41, 5.74) is 0. The Bertz CT molecular complexity index is 445. The van der Waals surface area contributed by atoms with Crippen LogP contribution in [-0.2, 0) is 0 Å². The van der Waals surface area contributed by atoms with Crippen LogP contribution in [0.2, 0.25) is 0 Å². The number of aromatic nitrogens is 3. The Labute approximate surface area is 126 Å². The first-order valence-electron chi connectivity index (χ1n) is 7.68. The summed E-state index contributed by atoms with van der Waals surface area (Å²) >= 11 is 0. The maximum absolute atomic E-state index is 6.10. The van der Waals surface area contributed by atoms with Crippen LogP contribution in [0.5, 0.6) is 12.0 Å². The SMILES string of the molecule is CNc1nc(OC)nc(OC2CC(C)CCC2C(C)C)n1. The van der Waals surface area contributed by atoms with E-state index in [1.165, 1.54) is 20.0 Å². The molecule has 0 amide bonds. The number of nitrogens with one attached hydrogen (secondary N) is 1. The van der Waals surface area contributed by atoms with E-state index in [4.69, 9.17) is 9.47 Å². The van der Waals surface area contributed by atoms with E-state index < -0.39 is 0 Å². The van der Waals surface area contributed by atoms with Gasteiger partial charge in [0.2, 0.25) is 5.95 Å². The first-order valence-corrected chi connectivity index (χ1v) is 7.68. The molecule has 118 valence electrons. The van der Waals surface area contributed by atoms with Crippen LogP contribution in [0, 0.1) is 17.8 Å². The number of hydrogen-bond acceptors (Lipinski definition) is 6. The summed E-state index contributed by atoms with van der Waals surface area (Å²) < 4.78 is 11.2. The summed E-state index contributed by atoms with van der Waals surface area (Å²) in [5.74, 6) is 2.27. The van der Waals surface area contributed by atoms with Gasteiger partial charge < -0.3 is 14.8 Å². The maximum atomic E-state index is 6.10. The highest BCUT2D eigenvalue weighted by Crippen LogP contribution is 2.35. The van der Waals surface area contributed by atoms with Gasteiger partial charge in [-0.3, -0.25) is 0 Å². The molecule has 3 atom stereocenters. The summed E-state index contributed by atoms with van der Waals surface area (Å²) in [4.78, 5) is 12.6. The van der Waals surface area contributed by atoms with Gasteiger partial charge in [-0.1, -0.05) is 27.2 Å². The number of nitrogens with zero attached hydrogens (tertiary/aromatic N) is 3. The summed E-state index contributed by atoms with van der Waals surface area (Å²) in [7, 11) is 3.30. The van der Waals surface area contributed by atoms with Gasteiger partial charge in [0.1, 0.15) is 6.10 Å². The molecule has 1 aliphatic carbocycles. The lowest BCUT2D eigenvalue weighted by Crippen LogP contribution is -2.36. The van der Waals surface area contributed by atoms with E-state index in [0.29, 0.717) is 29.7 Å². The third-order valence-corrected chi connectivity index (χ3v) is 4.22. The molecule has 1 saturated carbocycles. The predicted octanol–water partition coefficient (Wildman–Crippen LogP) is 2.76. The highest BCUT2D eigenvalue weighted by Gasteiger charge is 2.33. The standard InChI is InChI=1S/C15H26N4O2/c1-9(2)11-7-6-10(3)8-12(11)21-15-18-13(16-4)17-14(19-15)20-5/h9-12H,6-8H2,1-5H3,(H,16,17,18,19). The largest absolute Gasteiger partial charge is 0.467 e. The molecule has 0 aromatic carbocycles. The molecule has 1 aliphatic rings. The first-order chi connectivity index (χ1) is 10.0. The van der Waals surface area contributed by atoms with Crippen molar-refractivity contribution in [3.05, 3.63) is 0 Å². The van der Waals surface area contributed by atoms with Crippen molar-refractivity contribution in [3.8, 4) is 12.0 Å². The van der Waals surface area contributed by atoms with Crippen molar-refractivity contribution < 1.29 is 9.47 Å². The molecule has 1 heterocycles. The fraction of sp³-hybridized carbons (Fsp3) is 0.800. The first kappa shape index (κ1) is 15.8. The molecule has 0 bridgehead atoms. The molecule has 0 radical (unpaired) electrons. The van der Waals surface area contributed by atoms with Gasteiger partial charge >= 0.3 is 12.0 Å². The molecular weight excluding hydrogens is 268 g/mol. The Morgan fingerprint density at radius 3 is 2.48 bits per heavy atom. The minimum atomic E-state index is 0.158. The van der Waals surface area contributed by atoms with Gasteiger partial charge in [-0.25, -0.2) is 0 Å². The number of anilines is 1. The second-order valence-corrected chi connectivity index (χ2v) is 6.16. The van der Waals surface area contributed by atoms with Crippen LogP contribution in [-0.4, -0.2) is 35.2 Å². The van der Waals surface area contributed by atoms with E-state index in [1.807, 2.05) is 0 Å². The highest BCUT2D eigenvalue weighted by molar-refractivity contribution is 5.26. The monoisotopic (exact) mass is 294 g/mol. The van der Waals surface area contributed by atoms with Crippen molar-refractivity contribution in [3.63, 3.8) is 0 Å². The van der Waals surface area contributed by atoms with E-state index in [-0.39, 0.29) is 12.1 Å². The molecule has 3 unspecified atom stereocenters. The molecular formula is C15H26N4O2. The average molecular weight is 294 g/mol. The van der Waals surface area contributed by atoms with Gasteiger partial charge in [-0.05, 0) is 30.6 Å². The Morgan fingerprint density at radius 1 is 1.14 bits per heavy atom. The second kappa shape index (κ2) is 6.91. The van der Waals surface area contributed by atoms with E-state index in [1.54, 1.807) is 7.05 Å². The summed E-state index contributed by atoms with van der Waals surface area (Å²) in [6, 6.07) is 0.616. The molecule has 1 aromatic heterocycles. The summed E-state index contributed by atoms with van der Waals surface area (Å²) in [5, 5.41) is 2.90. The fourth-order valence-corrected chi connectivity index (χ4v) is 2.98. The number of ether oxygens (including phenoxy) is 2. The van der Waals surface area contributed by atoms with Crippen LogP contribution < -0.4 is 14.8 Å². The molecule has 0 aliphatic heterocycles. The van der Waals surface area contributed by atoms with Gasteiger partial charge in [-0.2, -0.15) is 9.97 Å². The predicted molar refractivity (Wildman–Crippen MR) is 81.7 cm³/mol. The lowest BCUT2D eigenvalue weighted by Gasteiger charge is -2.36. The Hall–Kier alpha value is -1.59. The normalized spacial score (nSPS) is 25.7. The molecule has 2 rings (SSSR count). The van der Waals surface area contributed by atoms with Gasteiger partial charge in [0.25, 0.3) is 0 Å². The molecule has 1 aromatic rings. The van der Waals surface area contributed by atoms with Crippen LogP contribution in [0.25, 0.3) is 0 Å². The van der Waals surface area contributed by atoms with Crippen molar-refractivity contribution >= 4 is 5.95 Å². The van der Waals surface area contributed by atoms with E-state index in [0.717, 1.165) is 6.42 Å². The Morgan fingerprint density at radius 2 is 1.86 bits per heavy atom. The van der Waals surface area contributed by atoms with Crippen molar-refractivity contribution in [2.45, 2.75) is 46.1 Å². The molecule has 1 fully saturated rings. The van der Waals surface area contributed by atoms with Crippen molar-refractivity contribution in [1.82, 2.24) is 15.0 Å². The van der Waals surface area contributed by atoms with Gasteiger partial charge in [-0.15, -0.1) is 4.98 Å². The zero-order valence-corrected chi connectivity index (χ0v) is 13.6. The molecule has 6 heteroatoms. The fourth-order valence-electron chi connectivity index (χ4n) is 2.98. The molecule has 21 heavy (non-hydrogen) atoms. The van der Waals surface area contributed by atoms with Crippen LogP contribution in [0.3, 0.4) is 0 Å². The number of hydrogen-bond donors (Lipinski definition) is 1. The zero-order valence-electron chi connectivity index (χ0n) is 13.6. The van der Waals surface area contributed by atoms with Crippen LogP contribution in [0.15, 0.2) is 0 Å². The topological polar surface area (TPSA) is 69.2 Å². The quantitative estimate of drug-likeness (QED) is 0.900. The van der Waals surface area contributed by atoms with E-state index in [2.05, 4.69) is 41.0 Å². The minimum absolute atomic E-state index is 0.158. The number of rotatable bonds is 5. The van der Waals surface area contributed by atoms with Crippen LogP contribution in [0.4, 0.5) is 5.95 Å². The van der Waals surface area contributed by atoms with Gasteiger partial charge in [0.05, 0.1) is 7.11 Å². The van der Waals surface area contributed by atoms with Crippen LogP contribution in [0.1, 0.15) is 40.0 Å². The maximum Gasteiger partial charge on any atom is 0.324 e. The smallest absolute Gasteiger partial charge is 0.324 e. The number of methoxy groups -OCH3 is 1. The highest BCUT2D eigenvalue weighted by atomic mass is 16.5. The van der Waals surface area contributed by atoms with E-state index in [9.17, 15) is 0 Å². The molecule has 0 spiro atoms. The lowest BCUT2D eigenvalue weighted by molar-refractivity contribution is 0.0384. The molecule has 6 nitrogen and oxygen atoms in total. The molecule has 1 N–H and O–H groups in total. The average Bonchev–Trinajstić information content (AvgIpc) is 2.46. The Kier molecular flexibility index (Phi) is 5.20. The molecule has 0 saturated heterocycles. The summed E-state index contributed by atoms with van der Waals surface area (Å²) in [6.07, 6.45) is 3.67. The third-order valence-electron chi connectivity index (χ3n) is 4.22. The van der Waals surface area contributed by atoms with E-state index >= 15 is 0 Å². The van der Waals surface area contributed by atoms with Crippen LogP contribution >= 0.6 is 0 Å². The summed E-state index contributed by atoms with van der Waals surface area (Å²) in [6.45, 7) is 6.79. The van der Waals surface area contributed by atoms with Gasteiger partial charge in [0.15, 0.2) is 0 Å². The van der Waals surface area contributed by atoms with Gasteiger partial charge in [0, 0.05) is 7.05 Å². The Balaban J connectivity index is 2.17. The van der Waals surface area contributed by atoms with Crippen molar-refractivity contribution in [1.29, 1.82) is 0 Å². The second-order valence-electron chi connectivity index (χ2n) is 6.16. The van der Waals surface area contributed by atoms with Crippen molar-refractivity contribution in [2.24, 2.45) is 17.8 Å². The third kappa shape index (κ3) is 3.95. The zero-order chi connectivity index (χ0) is 15.4.